The zero-order valence-electron chi connectivity index (χ0n) is 65.8. The average molecular weight is 1480 g/mol. The number of rotatable bonds is 70. The van der Waals surface area contributed by atoms with Gasteiger partial charge in [-0.25, -0.2) is 0 Å². The number of aliphatic hydroxyl groups is 11. The van der Waals surface area contributed by atoms with Crippen LogP contribution in [0.4, 0.5) is 0 Å². The van der Waals surface area contributed by atoms with Crippen molar-refractivity contribution in [1.29, 1.82) is 0 Å². The summed E-state index contributed by atoms with van der Waals surface area (Å²) in [5.74, 6) is -0.282. The van der Waals surface area contributed by atoms with Crippen LogP contribution in [0.5, 0.6) is 0 Å². The Morgan fingerprint density at radius 2 is 0.615 bits per heavy atom. The summed E-state index contributed by atoms with van der Waals surface area (Å²) in [4.78, 5) is 13.5. The molecule has 0 spiro atoms. The third kappa shape index (κ3) is 44.8. The predicted octanol–water partition coefficient (Wildman–Crippen LogP) is 15.5. The minimum atomic E-state index is -1.98. The molecule has 104 heavy (non-hydrogen) atoms. The van der Waals surface area contributed by atoms with Crippen LogP contribution in [0.1, 0.15) is 367 Å². The van der Waals surface area contributed by atoms with E-state index in [-0.39, 0.29) is 18.9 Å². The van der Waals surface area contributed by atoms with E-state index in [0.717, 1.165) is 44.9 Å². The van der Waals surface area contributed by atoms with Crippen molar-refractivity contribution in [3.05, 3.63) is 36.5 Å². The fourth-order valence-corrected chi connectivity index (χ4v) is 14.8. The Morgan fingerprint density at radius 3 is 0.962 bits per heavy atom. The Labute approximate surface area is 631 Å². The molecule has 0 radical (unpaired) electrons. The molecule has 17 unspecified atom stereocenters. The van der Waals surface area contributed by atoms with Gasteiger partial charge >= 0.3 is 0 Å². The van der Waals surface area contributed by atoms with E-state index in [1.54, 1.807) is 6.08 Å². The average Bonchev–Trinajstić information content (AvgIpc) is 0.777. The molecule has 19 heteroatoms. The van der Waals surface area contributed by atoms with Crippen LogP contribution in [0.2, 0.25) is 0 Å². The Balaban J connectivity index is 1.32. The molecule has 19 nitrogen and oxygen atoms in total. The topological polar surface area (TPSA) is 307 Å². The maximum absolute atomic E-state index is 13.5. The molecule has 0 aromatic heterocycles. The van der Waals surface area contributed by atoms with Crippen molar-refractivity contribution in [2.24, 2.45) is 0 Å². The molecule has 0 bridgehead atoms. The van der Waals surface area contributed by atoms with Gasteiger partial charge in [0.15, 0.2) is 18.9 Å². The van der Waals surface area contributed by atoms with Crippen LogP contribution in [-0.4, -0.2) is 193 Å². The molecule has 1 amide bonds. The van der Waals surface area contributed by atoms with Crippen molar-refractivity contribution >= 4 is 5.91 Å². The summed E-state index contributed by atoms with van der Waals surface area (Å²) >= 11 is 0. The van der Waals surface area contributed by atoms with Crippen molar-refractivity contribution in [3.63, 3.8) is 0 Å². The first-order valence-electron chi connectivity index (χ1n) is 43.2. The second kappa shape index (κ2) is 65.7. The molecular formula is C85H159NO18. The lowest BCUT2D eigenvalue weighted by molar-refractivity contribution is -0.379. The lowest BCUT2D eigenvalue weighted by Crippen LogP contribution is -2.66. The van der Waals surface area contributed by atoms with Gasteiger partial charge in [-0.05, 0) is 44.9 Å². The summed E-state index contributed by atoms with van der Waals surface area (Å²) in [6, 6.07) is -0.996. The molecule has 3 rings (SSSR count). The van der Waals surface area contributed by atoms with E-state index in [0.29, 0.717) is 12.8 Å². The van der Waals surface area contributed by atoms with E-state index >= 15 is 0 Å². The number of allylic oxidation sites excluding steroid dienone is 5. The maximum Gasteiger partial charge on any atom is 0.220 e. The van der Waals surface area contributed by atoms with Crippen LogP contribution in [-0.2, 0) is 33.2 Å². The van der Waals surface area contributed by atoms with E-state index in [9.17, 15) is 61.0 Å². The number of aliphatic hydroxyl groups excluding tert-OH is 11. The van der Waals surface area contributed by atoms with Crippen LogP contribution in [0, 0.1) is 0 Å². The molecular weight excluding hydrogens is 1320 g/mol. The minimum Gasteiger partial charge on any atom is -0.394 e. The third-order valence-electron chi connectivity index (χ3n) is 21.7. The van der Waals surface area contributed by atoms with Gasteiger partial charge in [0.25, 0.3) is 0 Å². The Hall–Kier alpha value is -1.99. The Kier molecular flexibility index (Phi) is 60.8. The normalized spacial score (nSPS) is 26.0. The highest BCUT2D eigenvalue weighted by molar-refractivity contribution is 5.76. The second-order valence-electron chi connectivity index (χ2n) is 31.0. The van der Waals surface area contributed by atoms with E-state index < -0.39 is 124 Å². The number of nitrogens with one attached hydrogen (secondary N) is 1. The number of carbonyl (C=O) groups excluding carboxylic acids is 1. The zero-order chi connectivity index (χ0) is 75.3. The molecule has 3 aliphatic rings. The smallest absolute Gasteiger partial charge is 0.220 e. The highest BCUT2D eigenvalue weighted by Crippen LogP contribution is 2.33. The Bertz CT molecular complexity index is 2020. The molecule has 0 aliphatic carbocycles. The van der Waals surface area contributed by atoms with E-state index in [2.05, 4.69) is 43.5 Å². The first-order chi connectivity index (χ1) is 50.8. The molecule has 0 saturated carbocycles. The first kappa shape index (κ1) is 96.2. The van der Waals surface area contributed by atoms with Gasteiger partial charge in [-0.15, -0.1) is 0 Å². The number of hydrogen-bond donors (Lipinski definition) is 12. The van der Waals surface area contributed by atoms with E-state index in [1.807, 2.05) is 6.08 Å². The van der Waals surface area contributed by atoms with Gasteiger partial charge in [0.05, 0.1) is 38.6 Å². The van der Waals surface area contributed by atoms with Gasteiger partial charge in [-0.3, -0.25) is 4.79 Å². The van der Waals surface area contributed by atoms with E-state index in [1.165, 1.54) is 289 Å². The molecule has 12 N–H and O–H groups in total. The van der Waals surface area contributed by atoms with Crippen molar-refractivity contribution in [2.45, 2.75) is 471 Å². The molecule has 0 aromatic carbocycles. The number of ether oxygens (including phenoxy) is 6. The van der Waals surface area contributed by atoms with Crippen molar-refractivity contribution in [1.82, 2.24) is 5.32 Å². The molecule has 3 aliphatic heterocycles. The first-order valence-corrected chi connectivity index (χ1v) is 43.2. The highest BCUT2D eigenvalue weighted by Gasteiger charge is 2.54. The second-order valence-corrected chi connectivity index (χ2v) is 31.0. The van der Waals surface area contributed by atoms with Gasteiger partial charge in [-0.1, -0.05) is 352 Å². The maximum atomic E-state index is 13.5. The summed E-state index contributed by atoms with van der Waals surface area (Å²) in [6.45, 7) is 1.76. The van der Waals surface area contributed by atoms with Crippen molar-refractivity contribution < 1.29 is 89.4 Å². The third-order valence-corrected chi connectivity index (χ3v) is 21.7. The summed E-state index contributed by atoms with van der Waals surface area (Å²) in [5, 5.41) is 121. The van der Waals surface area contributed by atoms with Gasteiger partial charge in [0.1, 0.15) is 73.2 Å². The standard InChI is InChI=1S/C85H159NO18/c1-3-5-7-9-11-13-15-17-19-21-23-25-26-27-28-29-30-31-32-33-34-35-36-37-38-39-40-41-43-45-47-49-51-53-55-57-59-61-63-73(91)86-68(69(90)62-60-58-56-54-52-50-48-46-44-42-24-22-20-18-16-14-12-10-8-6-4-2)67-99-83-79(97)76(94)81(71(65-88)101-83)104-85-80(98)77(95)82(72(66-89)102-85)103-84-78(96)75(93)74(92)70(64-87)100-84/h44,46,52,54,60,62,68-72,74-85,87-90,92-98H,3-43,45,47-51,53,55-59,61,63-67H2,1-2H3,(H,86,91)/b46-44+,54-52+,62-60+. The van der Waals surface area contributed by atoms with Crippen LogP contribution in [0.3, 0.4) is 0 Å². The summed E-state index contributed by atoms with van der Waals surface area (Å²) in [5.41, 5.74) is 0. The molecule has 3 heterocycles. The highest BCUT2D eigenvalue weighted by atomic mass is 16.8. The number of amides is 1. The summed E-state index contributed by atoms with van der Waals surface area (Å²) in [7, 11) is 0. The summed E-state index contributed by atoms with van der Waals surface area (Å²) < 4.78 is 34.4. The van der Waals surface area contributed by atoms with Crippen LogP contribution < -0.4 is 5.32 Å². The largest absolute Gasteiger partial charge is 0.394 e. The molecule has 612 valence electrons. The number of carbonyl (C=O) groups is 1. The fraction of sp³-hybridized carbons (Fsp3) is 0.918. The monoisotopic (exact) mass is 1480 g/mol. The van der Waals surface area contributed by atoms with Crippen LogP contribution in [0.25, 0.3) is 0 Å². The Morgan fingerprint density at radius 1 is 0.337 bits per heavy atom. The van der Waals surface area contributed by atoms with Gasteiger partial charge in [-0.2, -0.15) is 0 Å². The number of hydrogen-bond acceptors (Lipinski definition) is 18. The quantitative estimate of drug-likeness (QED) is 0.0199. The lowest BCUT2D eigenvalue weighted by atomic mass is 9.96. The van der Waals surface area contributed by atoms with Gasteiger partial charge in [0, 0.05) is 6.42 Å². The van der Waals surface area contributed by atoms with Crippen molar-refractivity contribution in [3.8, 4) is 0 Å². The zero-order valence-corrected chi connectivity index (χ0v) is 65.8. The van der Waals surface area contributed by atoms with Gasteiger partial charge in [0.2, 0.25) is 5.91 Å². The number of unbranched alkanes of at least 4 members (excludes halogenated alkanes) is 50. The SMILES string of the molecule is CCCCCCCCCCCCC/C=C/CC/C=C/CC/C=C/C(O)C(COC1OC(CO)C(OC2OC(CO)C(OC3OC(CO)C(O)C(O)C3O)C(O)C2O)C(O)C1O)NC(=O)CCCCCCCCCCCCCCCCCCCCCCCCCCCCCCCCCCCCCCCC. The minimum absolute atomic E-state index is 0.236. The molecule has 3 fully saturated rings. The van der Waals surface area contributed by atoms with Crippen LogP contribution >= 0.6 is 0 Å². The van der Waals surface area contributed by atoms with Gasteiger partial charge < -0.3 is 89.9 Å². The van der Waals surface area contributed by atoms with Crippen LogP contribution in [0.15, 0.2) is 36.5 Å². The predicted molar refractivity (Wildman–Crippen MR) is 416 cm³/mol. The lowest BCUT2D eigenvalue weighted by Gasteiger charge is -2.48. The summed E-state index contributed by atoms with van der Waals surface area (Å²) in [6.07, 6.45) is 56.0. The molecule has 0 aromatic rings. The fourth-order valence-electron chi connectivity index (χ4n) is 14.8. The molecule has 3 saturated heterocycles. The van der Waals surface area contributed by atoms with E-state index in [4.69, 9.17) is 28.4 Å². The molecule has 17 atom stereocenters. The van der Waals surface area contributed by atoms with Crippen molar-refractivity contribution in [2.75, 3.05) is 26.4 Å².